The maximum atomic E-state index is 6.57. The van der Waals surface area contributed by atoms with Gasteiger partial charge >= 0.3 is 0 Å². The molecule has 0 saturated carbocycles. The first kappa shape index (κ1) is 27.5. The minimum Gasteiger partial charge on any atom is -0.437 e. The van der Waals surface area contributed by atoms with Crippen LogP contribution in [-0.2, 0) is 0 Å². The Labute approximate surface area is 300 Å². The van der Waals surface area contributed by atoms with Gasteiger partial charge in [-0.1, -0.05) is 127 Å². The van der Waals surface area contributed by atoms with E-state index in [1.54, 1.807) is 0 Å². The third kappa shape index (κ3) is 3.46. The van der Waals surface area contributed by atoms with E-state index >= 15 is 0 Å². The highest BCUT2D eigenvalue weighted by molar-refractivity contribution is 6.35. The molecule has 5 heterocycles. The minimum absolute atomic E-state index is 0.573. The Hall–Kier alpha value is -7.24. The zero-order valence-corrected chi connectivity index (χ0v) is 28.2. The lowest BCUT2D eigenvalue weighted by molar-refractivity contribution is 0.651. The average molecular weight is 675 g/mol. The third-order valence-corrected chi connectivity index (χ3v) is 11.4. The zero-order valence-electron chi connectivity index (χ0n) is 28.2. The van der Waals surface area contributed by atoms with Crippen molar-refractivity contribution >= 4 is 104 Å². The van der Waals surface area contributed by atoms with Gasteiger partial charge in [0.15, 0.2) is 0 Å². The first-order valence-corrected chi connectivity index (χ1v) is 18.0. The first-order chi connectivity index (χ1) is 26.3. The molecular formula is C48H26N4O. The standard InChI is InChI=1S/C48H26N4O/c1-2-13-29-25-30(22-21-27(29)11-1)43-41-35-17-7-10-20-40(35)53-47(41)50-48(49-43)52-38-18-8-5-15-32(38)36-26-37-33-24-23-28-12-3-4-14-31(28)44(33)51-39-19-9-6-16-34(39)42(45(37)51)46(36)52/h1-26H. The van der Waals surface area contributed by atoms with Crippen LogP contribution in [0.3, 0.4) is 0 Å². The number of fused-ring (bicyclic) bond motifs is 16. The highest BCUT2D eigenvalue weighted by atomic mass is 16.3. The van der Waals surface area contributed by atoms with E-state index in [2.05, 4.69) is 155 Å². The second-order valence-electron chi connectivity index (χ2n) is 14.1. The number of furan rings is 1. The molecule has 0 aliphatic rings. The molecule has 0 spiro atoms. The van der Waals surface area contributed by atoms with Gasteiger partial charge in [-0.25, -0.2) is 4.98 Å². The van der Waals surface area contributed by atoms with E-state index in [1.165, 1.54) is 59.6 Å². The van der Waals surface area contributed by atoms with Crippen molar-refractivity contribution in [1.29, 1.82) is 0 Å². The monoisotopic (exact) mass is 674 g/mol. The minimum atomic E-state index is 0.573. The second kappa shape index (κ2) is 9.75. The van der Waals surface area contributed by atoms with Crippen molar-refractivity contribution in [1.82, 2.24) is 18.9 Å². The number of para-hydroxylation sites is 3. The van der Waals surface area contributed by atoms with Crippen LogP contribution in [0.2, 0.25) is 0 Å². The van der Waals surface area contributed by atoms with E-state index in [1.807, 2.05) is 12.1 Å². The fourth-order valence-electron chi connectivity index (χ4n) is 9.22. The van der Waals surface area contributed by atoms with Crippen LogP contribution in [0.5, 0.6) is 0 Å². The summed E-state index contributed by atoms with van der Waals surface area (Å²) in [6, 6.07) is 56.4. The number of rotatable bonds is 2. The summed E-state index contributed by atoms with van der Waals surface area (Å²) in [7, 11) is 0. The number of benzene rings is 8. The molecule has 0 fully saturated rings. The largest absolute Gasteiger partial charge is 0.437 e. The van der Waals surface area contributed by atoms with Crippen LogP contribution in [0, 0.1) is 0 Å². The van der Waals surface area contributed by atoms with Crippen molar-refractivity contribution in [3.8, 4) is 17.2 Å². The Bertz CT molecular complexity index is 3700. The summed E-state index contributed by atoms with van der Waals surface area (Å²) in [6.07, 6.45) is 0. The van der Waals surface area contributed by atoms with Gasteiger partial charge in [0.05, 0.1) is 38.7 Å². The predicted octanol–water partition coefficient (Wildman–Crippen LogP) is 12.6. The summed E-state index contributed by atoms with van der Waals surface area (Å²) in [6.45, 7) is 0. The summed E-state index contributed by atoms with van der Waals surface area (Å²) < 4.78 is 11.3. The fraction of sp³-hybridized carbons (Fsp3) is 0. The van der Waals surface area contributed by atoms with E-state index in [4.69, 9.17) is 14.4 Å². The van der Waals surface area contributed by atoms with Crippen molar-refractivity contribution in [2.45, 2.75) is 0 Å². The van der Waals surface area contributed by atoms with Crippen molar-refractivity contribution in [2.75, 3.05) is 0 Å². The molecule has 53 heavy (non-hydrogen) atoms. The number of hydrogen-bond donors (Lipinski definition) is 0. The van der Waals surface area contributed by atoms with Crippen LogP contribution in [0.25, 0.3) is 121 Å². The van der Waals surface area contributed by atoms with Crippen LogP contribution in [0.1, 0.15) is 0 Å². The van der Waals surface area contributed by atoms with Crippen LogP contribution in [0.15, 0.2) is 162 Å². The summed E-state index contributed by atoms with van der Waals surface area (Å²) in [5, 5.41) is 14.0. The first-order valence-electron chi connectivity index (χ1n) is 18.0. The molecule has 0 aliphatic heterocycles. The van der Waals surface area contributed by atoms with E-state index in [0.29, 0.717) is 11.7 Å². The molecule has 0 aliphatic carbocycles. The molecule has 0 atom stereocenters. The third-order valence-electron chi connectivity index (χ3n) is 11.4. The molecule has 13 aromatic rings. The molecule has 13 rings (SSSR count). The Balaban J connectivity index is 1.24. The molecule has 0 unspecified atom stereocenters. The molecule has 5 aromatic heterocycles. The van der Waals surface area contributed by atoms with E-state index < -0.39 is 0 Å². The molecule has 5 nitrogen and oxygen atoms in total. The fourth-order valence-corrected chi connectivity index (χ4v) is 9.22. The maximum Gasteiger partial charge on any atom is 0.238 e. The highest BCUT2D eigenvalue weighted by Gasteiger charge is 2.27. The average Bonchev–Trinajstić information content (AvgIpc) is 3.95. The SMILES string of the molecule is c1ccc2cc(-c3nc(-n4c5ccccc5c5cc6c7ccc8ccccc8c7n7c8ccccc8c(c54)c67)nc4oc5ccccc5c34)ccc2c1. The highest BCUT2D eigenvalue weighted by Crippen LogP contribution is 2.48. The van der Waals surface area contributed by atoms with Crippen LogP contribution < -0.4 is 0 Å². The molecule has 244 valence electrons. The summed E-state index contributed by atoms with van der Waals surface area (Å²) in [4.78, 5) is 10.8. The van der Waals surface area contributed by atoms with Gasteiger partial charge in [0.25, 0.3) is 0 Å². The Kier molecular flexibility index (Phi) is 5.06. The van der Waals surface area contributed by atoms with Crippen LogP contribution >= 0.6 is 0 Å². The van der Waals surface area contributed by atoms with E-state index in [-0.39, 0.29) is 0 Å². The number of nitrogens with zero attached hydrogens (tertiary/aromatic N) is 4. The van der Waals surface area contributed by atoms with Crippen LogP contribution in [-0.4, -0.2) is 18.9 Å². The Morgan fingerprint density at radius 1 is 0.415 bits per heavy atom. The maximum absolute atomic E-state index is 6.57. The smallest absolute Gasteiger partial charge is 0.238 e. The summed E-state index contributed by atoms with van der Waals surface area (Å²) in [5.74, 6) is 0.582. The molecule has 0 saturated heterocycles. The van der Waals surface area contributed by atoms with Crippen molar-refractivity contribution in [3.63, 3.8) is 0 Å². The summed E-state index contributed by atoms with van der Waals surface area (Å²) in [5.41, 5.74) is 9.04. The topological polar surface area (TPSA) is 48.3 Å². The van der Waals surface area contributed by atoms with Gasteiger partial charge in [0.1, 0.15) is 5.58 Å². The molecule has 8 aromatic carbocycles. The van der Waals surface area contributed by atoms with Crippen molar-refractivity contribution in [2.24, 2.45) is 0 Å². The van der Waals surface area contributed by atoms with Gasteiger partial charge in [0, 0.05) is 48.7 Å². The number of hydrogen-bond acceptors (Lipinski definition) is 3. The normalized spacial score (nSPS) is 12.5. The molecule has 0 radical (unpaired) electrons. The number of aromatic nitrogens is 4. The van der Waals surface area contributed by atoms with Gasteiger partial charge in [-0.05, 0) is 46.5 Å². The molecule has 5 heteroatoms. The zero-order chi connectivity index (χ0) is 34.4. The quantitative estimate of drug-likeness (QED) is 0.183. The van der Waals surface area contributed by atoms with Crippen molar-refractivity contribution in [3.05, 3.63) is 158 Å². The van der Waals surface area contributed by atoms with E-state index in [0.717, 1.165) is 49.4 Å². The van der Waals surface area contributed by atoms with Crippen molar-refractivity contribution < 1.29 is 4.42 Å². The van der Waals surface area contributed by atoms with Gasteiger partial charge in [0.2, 0.25) is 11.7 Å². The van der Waals surface area contributed by atoms with Gasteiger partial charge in [-0.3, -0.25) is 4.57 Å². The molecule has 0 amide bonds. The van der Waals surface area contributed by atoms with Gasteiger partial charge in [-0.2, -0.15) is 4.98 Å². The van der Waals surface area contributed by atoms with Gasteiger partial charge < -0.3 is 8.82 Å². The lowest BCUT2D eigenvalue weighted by Crippen LogP contribution is -2.03. The molecular weight excluding hydrogens is 649 g/mol. The Morgan fingerprint density at radius 3 is 1.98 bits per heavy atom. The molecule has 0 N–H and O–H groups in total. The summed E-state index contributed by atoms with van der Waals surface area (Å²) >= 11 is 0. The Morgan fingerprint density at radius 2 is 1.09 bits per heavy atom. The second-order valence-corrected chi connectivity index (χ2v) is 14.1. The molecule has 0 bridgehead atoms. The lowest BCUT2D eigenvalue weighted by Gasteiger charge is -2.11. The van der Waals surface area contributed by atoms with Gasteiger partial charge in [-0.15, -0.1) is 0 Å². The van der Waals surface area contributed by atoms with Crippen LogP contribution in [0.4, 0.5) is 0 Å². The van der Waals surface area contributed by atoms with E-state index in [9.17, 15) is 0 Å². The predicted molar refractivity (Wildman–Crippen MR) is 219 cm³/mol. The lowest BCUT2D eigenvalue weighted by atomic mass is 10.0.